The van der Waals surface area contributed by atoms with Gasteiger partial charge in [-0.05, 0) is 51.0 Å². The van der Waals surface area contributed by atoms with Crippen molar-refractivity contribution in [1.82, 2.24) is 0 Å². The summed E-state index contributed by atoms with van der Waals surface area (Å²) in [4.78, 5) is 13.0. The molecular formula is C28H32O3. The minimum absolute atomic E-state index is 0.0323. The van der Waals surface area contributed by atoms with Crippen molar-refractivity contribution in [2.45, 2.75) is 40.5 Å². The first-order valence-electron chi connectivity index (χ1n) is 10.7. The molecule has 0 bridgehead atoms. The fourth-order valence-corrected chi connectivity index (χ4v) is 2.88. The van der Waals surface area contributed by atoms with Crippen LogP contribution in [0.5, 0.6) is 11.5 Å². The maximum atomic E-state index is 13.0. The zero-order valence-electron chi connectivity index (χ0n) is 18.9. The average Bonchev–Trinajstić information content (AvgIpc) is 2.79. The predicted octanol–water partition coefficient (Wildman–Crippen LogP) is 7.02. The second-order valence-electron chi connectivity index (χ2n) is 7.08. The molecule has 0 unspecified atom stereocenters. The quantitative estimate of drug-likeness (QED) is 0.171. The van der Waals surface area contributed by atoms with Crippen LogP contribution in [0.4, 0.5) is 0 Å². The number of hydrogen-bond acceptors (Lipinski definition) is 3. The van der Waals surface area contributed by atoms with Crippen LogP contribution in [0.15, 0.2) is 102 Å². The number of hydrogen-bond donors (Lipinski definition) is 0. The summed E-state index contributed by atoms with van der Waals surface area (Å²) in [5.41, 5.74) is 2.75. The summed E-state index contributed by atoms with van der Waals surface area (Å²) < 4.78 is 11.9. The molecule has 31 heavy (non-hydrogen) atoms. The van der Waals surface area contributed by atoms with Gasteiger partial charge in [-0.15, -0.1) is 0 Å². The van der Waals surface area contributed by atoms with Crippen molar-refractivity contribution in [2.24, 2.45) is 0 Å². The van der Waals surface area contributed by atoms with E-state index in [1.54, 1.807) is 0 Å². The molecule has 0 heterocycles. The van der Waals surface area contributed by atoms with Crippen LogP contribution in [-0.2, 0) is 11.2 Å². The summed E-state index contributed by atoms with van der Waals surface area (Å²) in [7, 11) is 0. The van der Waals surface area contributed by atoms with Crippen molar-refractivity contribution >= 4 is 5.78 Å². The summed E-state index contributed by atoms with van der Waals surface area (Å²) in [5, 5.41) is 0. The largest absolute Gasteiger partial charge is 0.489 e. The molecule has 0 saturated carbocycles. The predicted molar refractivity (Wildman–Crippen MR) is 128 cm³/mol. The van der Waals surface area contributed by atoms with E-state index in [-0.39, 0.29) is 5.78 Å². The van der Waals surface area contributed by atoms with E-state index in [2.05, 4.69) is 13.0 Å². The molecule has 0 fully saturated rings. The number of Topliss-reactive ketones (excluding diaryl/α,β-unsaturated/α-hetero) is 1. The van der Waals surface area contributed by atoms with Gasteiger partial charge in [-0.25, -0.2) is 0 Å². The van der Waals surface area contributed by atoms with Crippen molar-refractivity contribution in [3.8, 4) is 11.5 Å². The lowest BCUT2D eigenvalue weighted by atomic mass is 10.0. The Morgan fingerprint density at radius 1 is 0.968 bits per heavy atom. The van der Waals surface area contributed by atoms with Crippen molar-refractivity contribution in [3.05, 3.63) is 107 Å². The van der Waals surface area contributed by atoms with Crippen LogP contribution in [0.25, 0.3) is 0 Å². The Bertz CT molecular complexity index is 963. The second kappa shape index (κ2) is 13.1. The lowest BCUT2D eigenvalue weighted by molar-refractivity contribution is -0.115. The minimum atomic E-state index is 0.0323. The molecule has 0 N–H and O–H groups in total. The molecule has 3 heteroatoms. The molecular weight excluding hydrogens is 384 g/mol. The molecule has 0 aliphatic rings. The molecule has 0 aliphatic carbocycles. The summed E-state index contributed by atoms with van der Waals surface area (Å²) in [5.74, 6) is 1.92. The zero-order valence-corrected chi connectivity index (χ0v) is 18.9. The van der Waals surface area contributed by atoms with Crippen LogP contribution in [0.1, 0.15) is 39.7 Å². The van der Waals surface area contributed by atoms with E-state index in [9.17, 15) is 4.79 Å². The second-order valence-corrected chi connectivity index (χ2v) is 7.08. The number of carbonyl (C=O) groups excluding carboxylic acids is 1. The zero-order chi connectivity index (χ0) is 22.5. The molecule has 0 atom stereocenters. The van der Waals surface area contributed by atoms with Gasteiger partial charge in [0.2, 0.25) is 0 Å². The smallest absolute Gasteiger partial charge is 0.166 e. The van der Waals surface area contributed by atoms with Gasteiger partial charge >= 0.3 is 0 Å². The van der Waals surface area contributed by atoms with Crippen LogP contribution >= 0.6 is 0 Å². The van der Waals surface area contributed by atoms with Gasteiger partial charge in [-0.1, -0.05) is 73.2 Å². The molecule has 3 nitrogen and oxygen atoms in total. The minimum Gasteiger partial charge on any atom is -0.489 e. The van der Waals surface area contributed by atoms with E-state index in [1.807, 2.05) is 99.7 Å². The monoisotopic (exact) mass is 416 g/mol. The lowest BCUT2D eigenvalue weighted by Gasteiger charge is -2.12. The summed E-state index contributed by atoms with van der Waals surface area (Å²) in [6.07, 6.45) is 11.1. The van der Waals surface area contributed by atoms with Gasteiger partial charge < -0.3 is 9.47 Å². The molecule has 0 radical (unpaired) electrons. The van der Waals surface area contributed by atoms with Crippen LogP contribution in [-0.4, -0.2) is 12.4 Å². The number of rotatable bonds is 11. The van der Waals surface area contributed by atoms with Crippen molar-refractivity contribution < 1.29 is 14.3 Å². The molecule has 2 aromatic rings. The maximum absolute atomic E-state index is 13.0. The summed E-state index contributed by atoms with van der Waals surface area (Å²) in [6, 6.07) is 17.2. The number of carbonyl (C=O) groups is 1. The van der Waals surface area contributed by atoms with E-state index in [4.69, 9.17) is 9.47 Å². The standard InChI is InChI=1S/C28H32O3/c1-5-8-19-30-25-15-12-16-26(21-25)31-28(18-17-23(6-2)7-3)22(4)27(29)20-24-13-10-9-11-14-24/h5-6,8-18,21H,7,19-20H2,1-4H3/b8-5-,18-17-,23-6-,28-22-. The Labute approximate surface area is 186 Å². The molecule has 0 aliphatic heterocycles. The molecule has 162 valence electrons. The number of benzene rings is 2. The SMILES string of the molecule is C/C=C\COc1cccc(OC(/C=C\C(=C/C)CC)=C(/C)C(=O)Cc2ccccc2)c1. The first kappa shape index (κ1) is 23.9. The van der Waals surface area contributed by atoms with Gasteiger partial charge in [0, 0.05) is 18.1 Å². The van der Waals surface area contributed by atoms with Gasteiger partial charge in [0.05, 0.1) is 0 Å². The average molecular weight is 417 g/mol. The van der Waals surface area contributed by atoms with E-state index >= 15 is 0 Å². The fraction of sp³-hybridized carbons (Fsp3) is 0.250. The van der Waals surface area contributed by atoms with E-state index < -0.39 is 0 Å². The third kappa shape index (κ3) is 8.13. The van der Waals surface area contributed by atoms with Gasteiger partial charge in [-0.3, -0.25) is 4.79 Å². The maximum Gasteiger partial charge on any atom is 0.166 e. The van der Waals surface area contributed by atoms with Gasteiger partial charge in [-0.2, -0.15) is 0 Å². The Morgan fingerprint density at radius 2 is 1.71 bits per heavy atom. The molecule has 2 rings (SSSR count). The summed E-state index contributed by atoms with van der Waals surface area (Å²) in [6.45, 7) is 8.38. The number of ketones is 1. The van der Waals surface area contributed by atoms with Crippen molar-refractivity contribution in [2.75, 3.05) is 6.61 Å². The Balaban J connectivity index is 2.30. The van der Waals surface area contributed by atoms with Crippen LogP contribution in [0.2, 0.25) is 0 Å². The molecule has 0 spiro atoms. The normalized spacial score (nSPS) is 12.8. The van der Waals surface area contributed by atoms with E-state index in [0.717, 1.165) is 17.7 Å². The third-order valence-electron chi connectivity index (χ3n) is 4.84. The fourth-order valence-electron chi connectivity index (χ4n) is 2.88. The topological polar surface area (TPSA) is 35.5 Å². The summed E-state index contributed by atoms with van der Waals surface area (Å²) >= 11 is 0. The van der Waals surface area contributed by atoms with Crippen LogP contribution in [0.3, 0.4) is 0 Å². The Morgan fingerprint density at radius 3 is 2.39 bits per heavy atom. The van der Waals surface area contributed by atoms with Crippen molar-refractivity contribution in [3.63, 3.8) is 0 Å². The van der Waals surface area contributed by atoms with Gasteiger partial charge in [0.15, 0.2) is 5.78 Å². The van der Waals surface area contributed by atoms with Gasteiger partial charge in [0.1, 0.15) is 23.9 Å². The molecule has 0 saturated heterocycles. The Kier molecular flexibility index (Phi) is 10.1. The first-order chi connectivity index (χ1) is 15.1. The third-order valence-corrected chi connectivity index (χ3v) is 4.84. The lowest BCUT2D eigenvalue weighted by Crippen LogP contribution is -2.09. The molecule has 2 aromatic carbocycles. The highest BCUT2D eigenvalue weighted by Gasteiger charge is 2.13. The van der Waals surface area contributed by atoms with Crippen LogP contribution in [0, 0.1) is 0 Å². The Hall–Kier alpha value is -3.33. The van der Waals surface area contributed by atoms with Gasteiger partial charge in [0.25, 0.3) is 0 Å². The van der Waals surface area contributed by atoms with Crippen LogP contribution < -0.4 is 9.47 Å². The van der Waals surface area contributed by atoms with E-state index in [0.29, 0.717) is 30.1 Å². The highest BCUT2D eigenvalue weighted by Crippen LogP contribution is 2.24. The highest BCUT2D eigenvalue weighted by atomic mass is 16.5. The number of ether oxygens (including phenoxy) is 2. The molecule has 0 amide bonds. The highest BCUT2D eigenvalue weighted by molar-refractivity contribution is 5.97. The van der Waals surface area contributed by atoms with E-state index in [1.165, 1.54) is 5.57 Å². The van der Waals surface area contributed by atoms with Crippen molar-refractivity contribution in [1.29, 1.82) is 0 Å². The molecule has 0 aromatic heterocycles. The first-order valence-corrected chi connectivity index (χ1v) is 10.7. The number of allylic oxidation sites excluding steroid dienone is 6.